The highest BCUT2D eigenvalue weighted by Crippen LogP contribution is 2.40. The number of nitrogens with zero attached hydrogens (tertiary/aromatic N) is 10. The third-order valence-electron chi connectivity index (χ3n) is 15.1. The second-order valence-corrected chi connectivity index (χ2v) is 21.8. The van der Waals surface area contributed by atoms with Crippen molar-refractivity contribution in [1.82, 2.24) is 39.8 Å². The molecule has 4 aromatic rings. The molecule has 81 heavy (non-hydrogen) atoms. The van der Waals surface area contributed by atoms with E-state index < -0.39 is 116 Å². The lowest BCUT2D eigenvalue weighted by molar-refractivity contribution is -0.293. The molecule has 4 atom stereocenters. The number of azide groups is 1. The quantitative estimate of drug-likeness (QED) is 0.0200. The van der Waals surface area contributed by atoms with Gasteiger partial charge in [0.2, 0.25) is 41.4 Å². The van der Waals surface area contributed by atoms with Gasteiger partial charge < -0.3 is 40.4 Å². The highest BCUT2D eigenvalue weighted by atomic mass is 16.5. The monoisotopic (exact) mass is 1110 g/mol. The summed E-state index contributed by atoms with van der Waals surface area (Å²) in [4.78, 5) is 113. The van der Waals surface area contributed by atoms with Crippen molar-refractivity contribution in [1.29, 1.82) is 0 Å². The highest BCUT2D eigenvalue weighted by Gasteiger charge is 2.49. The number of piperidine rings is 1. The molecule has 1 saturated heterocycles. The van der Waals surface area contributed by atoms with E-state index in [4.69, 9.17) is 17.7 Å². The zero-order valence-electron chi connectivity index (χ0n) is 48.0. The van der Waals surface area contributed by atoms with Crippen molar-refractivity contribution < 1.29 is 38.8 Å². The van der Waals surface area contributed by atoms with Crippen LogP contribution in [0.4, 0.5) is 0 Å². The number of primary amides is 1. The van der Waals surface area contributed by atoms with Gasteiger partial charge in [0.05, 0.1) is 43.8 Å². The van der Waals surface area contributed by atoms with Gasteiger partial charge in [-0.15, -0.1) is 16.7 Å². The van der Waals surface area contributed by atoms with Crippen LogP contribution < -0.4 is 11.1 Å². The molecule has 1 aliphatic rings. The summed E-state index contributed by atoms with van der Waals surface area (Å²) < 4.78 is 0. The second-order valence-electron chi connectivity index (χ2n) is 21.8. The number of nitrogens with one attached hydrogen (secondary N) is 1. The average Bonchev–Trinajstić information content (AvgIpc) is 3.47. The van der Waals surface area contributed by atoms with E-state index in [1.165, 1.54) is 24.5 Å². The molecule has 1 heterocycles. The minimum absolute atomic E-state index is 0.133. The van der Waals surface area contributed by atoms with Gasteiger partial charge in [0.15, 0.2) is 0 Å². The molecule has 0 saturated carbocycles. The maximum atomic E-state index is 15.6. The van der Waals surface area contributed by atoms with Gasteiger partial charge in [0, 0.05) is 28.6 Å². The zero-order valence-corrected chi connectivity index (χ0v) is 48.0. The van der Waals surface area contributed by atoms with Gasteiger partial charge in [0.25, 0.3) is 0 Å². The summed E-state index contributed by atoms with van der Waals surface area (Å²) in [6.07, 6.45) is 6.57. The number of carbonyl (C=O) groups excluding carboxylic acids is 7. The first kappa shape index (κ1) is 63.7. The van der Waals surface area contributed by atoms with E-state index in [9.17, 15) is 24.4 Å². The van der Waals surface area contributed by atoms with E-state index >= 15 is 14.4 Å². The molecule has 1 radical (unpaired) electrons. The molecule has 431 valence electrons. The number of benzene rings is 4. The molecule has 1 aliphatic heterocycles. The molecular formula is C61H79N12O8. The third kappa shape index (κ3) is 17.7. The molecule has 1 fully saturated rings. The van der Waals surface area contributed by atoms with E-state index in [1.807, 2.05) is 79.7 Å². The maximum absolute atomic E-state index is 15.6. The van der Waals surface area contributed by atoms with Crippen LogP contribution in [-0.4, -0.2) is 158 Å². The number of amides is 7. The van der Waals surface area contributed by atoms with Crippen molar-refractivity contribution in [2.24, 2.45) is 10.8 Å². The highest BCUT2D eigenvalue weighted by molar-refractivity contribution is 5.93. The van der Waals surface area contributed by atoms with Crippen molar-refractivity contribution in [3.63, 3.8) is 0 Å². The Bertz CT molecular complexity index is 2830. The Balaban J connectivity index is 1.54. The van der Waals surface area contributed by atoms with E-state index in [-0.39, 0.29) is 38.4 Å². The molecule has 0 aromatic heterocycles. The molecule has 0 spiro atoms. The van der Waals surface area contributed by atoms with Crippen LogP contribution in [0.5, 0.6) is 0 Å². The van der Waals surface area contributed by atoms with Crippen LogP contribution in [0.3, 0.4) is 0 Å². The Morgan fingerprint density at radius 1 is 0.605 bits per heavy atom. The van der Waals surface area contributed by atoms with Crippen LogP contribution in [0.25, 0.3) is 10.4 Å². The summed E-state index contributed by atoms with van der Waals surface area (Å²) in [6.45, 7) is 11.2. The summed E-state index contributed by atoms with van der Waals surface area (Å²) in [5.74, 6) is -1.83. The summed E-state index contributed by atoms with van der Waals surface area (Å²) in [5.41, 5.74) is 15.1. The smallest absolute Gasteiger partial charge is 0.243 e. The normalized spacial score (nSPS) is 15.3. The second kappa shape index (κ2) is 29.9. The van der Waals surface area contributed by atoms with Crippen molar-refractivity contribution in [3.05, 3.63) is 154 Å². The zero-order chi connectivity index (χ0) is 59.4. The summed E-state index contributed by atoms with van der Waals surface area (Å²) in [7, 11) is 0. The van der Waals surface area contributed by atoms with Crippen molar-refractivity contribution in [2.45, 2.75) is 116 Å². The van der Waals surface area contributed by atoms with Gasteiger partial charge in [-0.3, -0.25) is 33.6 Å². The van der Waals surface area contributed by atoms with Crippen molar-refractivity contribution in [3.8, 4) is 12.3 Å². The molecule has 0 aliphatic carbocycles. The SMILES string of the molecule is C#CCN(CC(=O)N(CC(N)=O)[C@@H](C)c1ccccc1)C(=O)CN(C(=O)CN(C(=O)CN(C(=O)CN(C(=O)CNCCCN=[N+]=[N-])[C@@H](C)c1ccccc1)[C@@H](C)c1ccccc1)C1CC(C)(C)N([O])C(C)(C)C1)[C@@H](C)c1ccccc1. The van der Waals surface area contributed by atoms with Crippen LogP contribution in [0.1, 0.15) is 121 Å². The molecule has 7 amide bonds. The number of rotatable bonds is 28. The number of carbonyl (C=O) groups is 7. The van der Waals surface area contributed by atoms with Crippen LogP contribution in [0, 0.1) is 12.3 Å². The number of hydrogen-bond donors (Lipinski definition) is 2. The Hall–Kier alpha value is -8.08. The summed E-state index contributed by atoms with van der Waals surface area (Å²) >= 11 is 0. The number of hydrogen-bond acceptors (Lipinski definition) is 10. The van der Waals surface area contributed by atoms with E-state index in [1.54, 1.807) is 97.0 Å². The lowest BCUT2D eigenvalue weighted by Gasteiger charge is -2.52. The molecule has 5 rings (SSSR count). The molecule has 4 aromatic carbocycles. The van der Waals surface area contributed by atoms with Crippen LogP contribution >= 0.6 is 0 Å². The van der Waals surface area contributed by atoms with Crippen LogP contribution in [0.15, 0.2) is 126 Å². The molecule has 0 bridgehead atoms. The predicted octanol–water partition coefficient (Wildman–Crippen LogP) is 6.78. The summed E-state index contributed by atoms with van der Waals surface area (Å²) in [5, 5.41) is 21.5. The molecule has 0 unspecified atom stereocenters. The number of nitrogens with two attached hydrogens (primary N) is 1. The first-order valence-corrected chi connectivity index (χ1v) is 27.4. The van der Waals surface area contributed by atoms with Gasteiger partial charge in [-0.05, 0) is 109 Å². The van der Waals surface area contributed by atoms with Gasteiger partial charge in [-0.2, -0.15) is 0 Å². The largest absolute Gasteiger partial charge is 0.368 e. The molecule has 3 N–H and O–H groups in total. The average molecular weight is 1110 g/mol. The maximum Gasteiger partial charge on any atom is 0.243 e. The topological polar surface area (TPSA) is 249 Å². The van der Waals surface area contributed by atoms with Crippen molar-refractivity contribution >= 4 is 41.4 Å². The summed E-state index contributed by atoms with van der Waals surface area (Å²) in [6, 6.07) is 32.9. The molecular weight excluding hydrogens is 1030 g/mol. The first-order valence-electron chi connectivity index (χ1n) is 27.4. The fraction of sp³-hybridized carbons (Fsp3) is 0.459. The fourth-order valence-electron chi connectivity index (χ4n) is 10.6. The van der Waals surface area contributed by atoms with E-state index in [0.717, 1.165) is 21.1 Å². The minimum atomic E-state index is -1.03. The van der Waals surface area contributed by atoms with E-state index in [0.29, 0.717) is 24.1 Å². The molecule has 20 nitrogen and oxygen atoms in total. The minimum Gasteiger partial charge on any atom is -0.368 e. The standard InChI is InChI=1S/C61H79N12O8/c1-10-34-67(39-56(77)68(38-53(62)74)44(2)48-24-15-11-16-25-48)55(76)40-70(46(4)50-28-19-13-20-29-50)58(79)43-72(52-35-60(6,7)73(81)61(8,9)36-52)59(80)42-71(47(5)51-30-21-14-22-31-51)57(78)41-69(45(3)49-26-17-12-18-27-49)54(75)37-64-32-23-33-65-66-63/h1,11-22,24-31,44-47,52,64H,23,32-43H2,2-9H3,(H2,62,74)/t44-,45-,46-,47-/m0/s1. The Kier molecular flexibility index (Phi) is 23.6. The number of terminal acetylenes is 1. The van der Waals surface area contributed by atoms with Gasteiger partial charge >= 0.3 is 0 Å². The lowest BCUT2D eigenvalue weighted by atomic mass is 9.78. The predicted molar refractivity (Wildman–Crippen MR) is 308 cm³/mol. The van der Waals surface area contributed by atoms with Gasteiger partial charge in [-0.1, -0.05) is 132 Å². The first-order chi connectivity index (χ1) is 38.5. The Morgan fingerprint density at radius 3 is 1.38 bits per heavy atom. The van der Waals surface area contributed by atoms with Gasteiger partial charge in [-0.25, -0.2) is 0 Å². The van der Waals surface area contributed by atoms with Crippen molar-refractivity contribution in [2.75, 3.05) is 65.4 Å². The van der Waals surface area contributed by atoms with E-state index in [2.05, 4.69) is 21.3 Å². The van der Waals surface area contributed by atoms with Crippen LogP contribution in [0.2, 0.25) is 0 Å². The molecule has 20 heteroatoms. The fourth-order valence-corrected chi connectivity index (χ4v) is 10.6. The third-order valence-corrected chi connectivity index (χ3v) is 15.1. The Labute approximate surface area is 476 Å². The van der Waals surface area contributed by atoms with Crippen LogP contribution in [-0.2, 0) is 38.8 Å². The van der Waals surface area contributed by atoms with Gasteiger partial charge in [0.1, 0.15) is 32.7 Å². The number of hydroxylamine groups is 2. The lowest BCUT2D eigenvalue weighted by Crippen LogP contribution is -2.64. The Morgan fingerprint density at radius 2 is 0.975 bits per heavy atom.